The smallest absolute Gasteiger partial charge is 0.416 e. The number of amides is 3. The largest absolute Gasteiger partial charge is 0.490 e. The predicted octanol–water partition coefficient (Wildman–Crippen LogP) is 7.01. The van der Waals surface area contributed by atoms with E-state index in [2.05, 4.69) is 5.32 Å². The molecule has 208 valence electrons. The number of hydrogen-bond donors (Lipinski definition) is 1. The number of halogens is 4. The molecule has 12 heteroatoms. The molecule has 0 saturated carbocycles. The third-order valence-corrected chi connectivity index (χ3v) is 6.69. The van der Waals surface area contributed by atoms with Gasteiger partial charge in [0.2, 0.25) is 5.91 Å². The summed E-state index contributed by atoms with van der Waals surface area (Å²) in [7, 11) is 0. The Hall–Kier alpha value is -3.96. The van der Waals surface area contributed by atoms with Crippen LogP contribution in [0.5, 0.6) is 11.5 Å². The standard InChI is InChI=1S/C28H22ClF3N2O5S/c1-2-38-22-12-18(11-21(29)25(22)39-16-17-7-4-3-5-8-17)13-23-26(36)34(27(37)40-23)15-24(35)33-20-10-6-9-19(14-20)28(30,31)32/h3-14H,2,15-16H2,1H3,(H,33,35)/b23-13-. The van der Waals surface area contributed by atoms with E-state index < -0.39 is 35.3 Å². The van der Waals surface area contributed by atoms with Gasteiger partial charge in [0.25, 0.3) is 11.1 Å². The second-order valence-corrected chi connectivity index (χ2v) is 9.83. The van der Waals surface area contributed by atoms with Gasteiger partial charge in [-0.05, 0) is 66.2 Å². The van der Waals surface area contributed by atoms with Crippen LogP contribution in [0.2, 0.25) is 5.02 Å². The highest BCUT2D eigenvalue weighted by Gasteiger charge is 2.36. The van der Waals surface area contributed by atoms with Gasteiger partial charge in [-0.2, -0.15) is 13.2 Å². The zero-order valence-corrected chi connectivity index (χ0v) is 22.5. The van der Waals surface area contributed by atoms with Crippen LogP contribution in [0.4, 0.5) is 23.7 Å². The lowest BCUT2D eigenvalue weighted by molar-refractivity contribution is -0.137. The maximum atomic E-state index is 12.9. The van der Waals surface area contributed by atoms with Crippen LogP contribution in [-0.4, -0.2) is 35.1 Å². The Bertz CT molecular complexity index is 1460. The van der Waals surface area contributed by atoms with Crippen molar-refractivity contribution < 1.29 is 37.0 Å². The van der Waals surface area contributed by atoms with Crippen molar-refractivity contribution in [2.24, 2.45) is 0 Å². The summed E-state index contributed by atoms with van der Waals surface area (Å²) in [5.74, 6) is -0.891. The van der Waals surface area contributed by atoms with Crippen molar-refractivity contribution in [2.75, 3.05) is 18.5 Å². The zero-order chi connectivity index (χ0) is 28.9. The Morgan fingerprint density at radius 3 is 2.50 bits per heavy atom. The lowest BCUT2D eigenvalue weighted by Crippen LogP contribution is -2.36. The highest BCUT2D eigenvalue weighted by Crippen LogP contribution is 2.39. The molecule has 0 aromatic heterocycles. The fraction of sp³-hybridized carbons (Fsp3) is 0.179. The molecule has 0 radical (unpaired) electrons. The molecule has 0 bridgehead atoms. The van der Waals surface area contributed by atoms with Crippen LogP contribution in [0, 0.1) is 0 Å². The molecule has 0 aliphatic carbocycles. The summed E-state index contributed by atoms with van der Waals surface area (Å²) in [6.07, 6.45) is -3.15. The number of alkyl halides is 3. The maximum absolute atomic E-state index is 12.9. The molecule has 1 N–H and O–H groups in total. The number of nitrogens with zero attached hydrogens (tertiary/aromatic N) is 1. The van der Waals surface area contributed by atoms with Gasteiger partial charge in [0, 0.05) is 5.69 Å². The Morgan fingerprint density at radius 1 is 1.05 bits per heavy atom. The number of carbonyl (C=O) groups excluding carboxylic acids is 3. The number of nitrogens with one attached hydrogen (secondary N) is 1. The predicted molar refractivity (Wildman–Crippen MR) is 146 cm³/mol. The molecular weight excluding hydrogens is 569 g/mol. The maximum Gasteiger partial charge on any atom is 0.416 e. The molecule has 1 fully saturated rings. The fourth-order valence-corrected chi connectivity index (χ4v) is 4.82. The van der Waals surface area contributed by atoms with E-state index in [-0.39, 0.29) is 22.2 Å². The average molecular weight is 591 g/mol. The third-order valence-electron chi connectivity index (χ3n) is 5.50. The molecule has 1 aliphatic rings. The highest BCUT2D eigenvalue weighted by atomic mass is 35.5. The summed E-state index contributed by atoms with van der Waals surface area (Å²) in [5, 5.41) is 1.81. The van der Waals surface area contributed by atoms with Crippen molar-refractivity contribution in [3.63, 3.8) is 0 Å². The Kier molecular flexibility index (Phi) is 9.06. The van der Waals surface area contributed by atoms with Gasteiger partial charge in [0.15, 0.2) is 11.5 Å². The summed E-state index contributed by atoms with van der Waals surface area (Å²) in [6, 6.07) is 16.7. The number of imide groups is 1. The van der Waals surface area contributed by atoms with E-state index in [0.29, 0.717) is 40.3 Å². The van der Waals surface area contributed by atoms with Gasteiger partial charge in [0.05, 0.1) is 22.1 Å². The SMILES string of the molecule is CCOc1cc(/C=C2\SC(=O)N(CC(=O)Nc3cccc(C(F)(F)F)c3)C2=O)cc(Cl)c1OCc1ccccc1. The van der Waals surface area contributed by atoms with Gasteiger partial charge in [0.1, 0.15) is 13.2 Å². The molecule has 4 rings (SSSR count). The summed E-state index contributed by atoms with van der Waals surface area (Å²) < 4.78 is 50.4. The molecule has 0 atom stereocenters. The van der Waals surface area contributed by atoms with Crippen molar-refractivity contribution in [1.82, 2.24) is 4.90 Å². The first-order chi connectivity index (χ1) is 19.0. The number of ether oxygens (including phenoxy) is 2. The van der Waals surface area contributed by atoms with E-state index in [0.717, 1.165) is 23.8 Å². The number of thioether (sulfide) groups is 1. The molecule has 0 spiro atoms. The topological polar surface area (TPSA) is 84.9 Å². The van der Waals surface area contributed by atoms with E-state index in [4.69, 9.17) is 21.1 Å². The monoisotopic (exact) mass is 590 g/mol. The molecule has 3 amide bonds. The molecule has 3 aromatic carbocycles. The molecule has 7 nitrogen and oxygen atoms in total. The van der Waals surface area contributed by atoms with Crippen LogP contribution in [0.25, 0.3) is 6.08 Å². The van der Waals surface area contributed by atoms with Gasteiger partial charge in [-0.3, -0.25) is 19.3 Å². The number of carbonyl (C=O) groups is 3. The lowest BCUT2D eigenvalue weighted by Gasteiger charge is -2.15. The quantitative estimate of drug-likeness (QED) is 0.270. The van der Waals surface area contributed by atoms with Gasteiger partial charge < -0.3 is 14.8 Å². The lowest BCUT2D eigenvalue weighted by atomic mass is 10.1. The summed E-state index contributed by atoms with van der Waals surface area (Å²) in [4.78, 5) is 38.6. The first-order valence-corrected chi connectivity index (χ1v) is 13.1. The first-order valence-electron chi connectivity index (χ1n) is 11.9. The number of rotatable bonds is 9. The van der Waals surface area contributed by atoms with Crippen LogP contribution in [-0.2, 0) is 22.4 Å². The van der Waals surface area contributed by atoms with Crippen LogP contribution in [0.1, 0.15) is 23.6 Å². The van der Waals surface area contributed by atoms with E-state index in [1.807, 2.05) is 30.3 Å². The van der Waals surface area contributed by atoms with Crippen LogP contribution >= 0.6 is 23.4 Å². The Labute approximate surface area is 236 Å². The summed E-state index contributed by atoms with van der Waals surface area (Å²) in [5.41, 5.74) is 0.325. The van der Waals surface area contributed by atoms with Crippen molar-refractivity contribution >= 4 is 52.2 Å². The van der Waals surface area contributed by atoms with Gasteiger partial charge in [-0.1, -0.05) is 48.0 Å². The van der Waals surface area contributed by atoms with E-state index in [9.17, 15) is 27.6 Å². The second-order valence-electron chi connectivity index (χ2n) is 8.43. The van der Waals surface area contributed by atoms with Crippen LogP contribution < -0.4 is 14.8 Å². The van der Waals surface area contributed by atoms with Crippen molar-refractivity contribution in [3.05, 3.63) is 93.3 Å². The van der Waals surface area contributed by atoms with Crippen LogP contribution in [0.15, 0.2) is 71.6 Å². The molecule has 1 saturated heterocycles. The van der Waals surface area contributed by atoms with Crippen LogP contribution in [0.3, 0.4) is 0 Å². The normalized spacial score (nSPS) is 14.5. The molecule has 1 aliphatic heterocycles. The average Bonchev–Trinajstić information content (AvgIpc) is 3.16. The summed E-state index contributed by atoms with van der Waals surface area (Å²) in [6.45, 7) is 1.69. The molecule has 40 heavy (non-hydrogen) atoms. The van der Waals surface area contributed by atoms with Gasteiger partial charge in [-0.15, -0.1) is 0 Å². The zero-order valence-electron chi connectivity index (χ0n) is 21.0. The molecular formula is C28H22ClF3N2O5S. The molecule has 1 heterocycles. The van der Waals surface area contributed by atoms with E-state index in [1.54, 1.807) is 19.1 Å². The first kappa shape index (κ1) is 29.0. The Balaban J connectivity index is 1.47. The Morgan fingerprint density at radius 2 is 1.80 bits per heavy atom. The minimum atomic E-state index is -4.59. The van der Waals surface area contributed by atoms with Crippen molar-refractivity contribution in [1.29, 1.82) is 0 Å². The number of hydrogen-bond acceptors (Lipinski definition) is 6. The molecule has 0 unspecified atom stereocenters. The van der Waals surface area contributed by atoms with Crippen molar-refractivity contribution in [3.8, 4) is 11.5 Å². The van der Waals surface area contributed by atoms with Crippen molar-refractivity contribution in [2.45, 2.75) is 19.7 Å². The van der Waals surface area contributed by atoms with E-state index in [1.165, 1.54) is 12.1 Å². The van der Waals surface area contributed by atoms with Gasteiger partial charge >= 0.3 is 6.18 Å². The van der Waals surface area contributed by atoms with E-state index >= 15 is 0 Å². The molecule has 3 aromatic rings. The second kappa shape index (κ2) is 12.5. The minimum absolute atomic E-state index is 0.0355. The number of benzene rings is 3. The minimum Gasteiger partial charge on any atom is -0.490 e. The highest BCUT2D eigenvalue weighted by molar-refractivity contribution is 8.18. The fourth-order valence-electron chi connectivity index (χ4n) is 3.71. The number of anilines is 1. The summed E-state index contributed by atoms with van der Waals surface area (Å²) >= 11 is 7.10. The van der Waals surface area contributed by atoms with Gasteiger partial charge in [-0.25, -0.2) is 0 Å². The third kappa shape index (κ3) is 7.16.